The molecule has 0 spiro atoms. The van der Waals surface area contributed by atoms with Gasteiger partial charge in [0.2, 0.25) is 5.91 Å². The Balaban J connectivity index is 1.58. The minimum absolute atomic E-state index is 0.0292. The predicted molar refractivity (Wildman–Crippen MR) is 87.1 cm³/mol. The topological polar surface area (TPSA) is 50.4 Å². The Morgan fingerprint density at radius 1 is 1.09 bits per heavy atom. The first kappa shape index (κ1) is 14.6. The molecule has 114 valence electrons. The summed E-state index contributed by atoms with van der Waals surface area (Å²) in [7, 11) is 0. The van der Waals surface area contributed by atoms with E-state index < -0.39 is 0 Å². The molecule has 1 aliphatic rings. The maximum atomic E-state index is 12.2. The van der Waals surface area contributed by atoms with Gasteiger partial charge in [-0.3, -0.25) is 4.79 Å². The number of ether oxygens (including phenoxy) is 1. The summed E-state index contributed by atoms with van der Waals surface area (Å²) in [4.78, 5) is 12.2. The molecule has 1 unspecified atom stereocenters. The van der Waals surface area contributed by atoms with Gasteiger partial charge < -0.3 is 15.4 Å². The summed E-state index contributed by atoms with van der Waals surface area (Å²) < 4.78 is 5.73. The van der Waals surface area contributed by atoms with E-state index in [2.05, 4.69) is 10.6 Å². The lowest BCUT2D eigenvalue weighted by atomic mass is 9.88. The van der Waals surface area contributed by atoms with Gasteiger partial charge in [0.25, 0.3) is 0 Å². The fourth-order valence-electron chi connectivity index (χ4n) is 2.37. The van der Waals surface area contributed by atoms with Crippen molar-refractivity contribution in [2.45, 2.75) is 6.92 Å². The molecule has 0 aliphatic carbocycles. The summed E-state index contributed by atoms with van der Waals surface area (Å²) in [6.07, 6.45) is 0. The van der Waals surface area contributed by atoms with E-state index in [0.717, 1.165) is 30.3 Å². The largest absolute Gasteiger partial charge is 0.457 e. The van der Waals surface area contributed by atoms with Crippen LogP contribution in [0.5, 0.6) is 11.5 Å². The molecule has 2 N–H and O–H groups in total. The number of benzene rings is 2. The molecule has 1 fully saturated rings. The number of carbonyl (C=O) groups excluding carboxylic acids is 1. The number of rotatable bonds is 5. The maximum Gasteiger partial charge on any atom is 0.227 e. The molecule has 4 nitrogen and oxygen atoms in total. The van der Waals surface area contributed by atoms with Crippen LogP contribution >= 0.6 is 0 Å². The van der Waals surface area contributed by atoms with E-state index in [0.29, 0.717) is 5.92 Å². The summed E-state index contributed by atoms with van der Waals surface area (Å²) in [5.74, 6) is 2.09. The molecular weight excluding hydrogens is 276 g/mol. The van der Waals surface area contributed by atoms with Gasteiger partial charge in [0, 0.05) is 11.6 Å². The normalized spacial score (nSPS) is 15.7. The number of hydrogen-bond donors (Lipinski definition) is 2. The number of carbonyl (C=O) groups is 1. The number of anilines is 1. The van der Waals surface area contributed by atoms with Crippen molar-refractivity contribution in [2.24, 2.45) is 11.8 Å². The second kappa shape index (κ2) is 6.62. The molecule has 2 aromatic carbocycles. The average molecular weight is 296 g/mol. The highest BCUT2D eigenvalue weighted by atomic mass is 16.5. The van der Waals surface area contributed by atoms with Crippen molar-refractivity contribution >= 4 is 11.6 Å². The van der Waals surface area contributed by atoms with Crippen molar-refractivity contribution in [1.29, 1.82) is 0 Å². The highest BCUT2D eigenvalue weighted by molar-refractivity contribution is 5.92. The minimum Gasteiger partial charge on any atom is -0.457 e. The van der Waals surface area contributed by atoms with Crippen molar-refractivity contribution in [3.63, 3.8) is 0 Å². The predicted octanol–water partition coefficient (Wildman–Crippen LogP) is 3.27. The van der Waals surface area contributed by atoms with Crippen LogP contribution in [-0.2, 0) is 4.79 Å². The summed E-state index contributed by atoms with van der Waals surface area (Å²) >= 11 is 0. The minimum atomic E-state index is 0.0292. The maximum absolute atomic E-state index is 12.2. The monoisotopic (exact) mass is 296 g/mol. The average Bonchev–Trinajstić information content (AvgIpc) is 2.48. The molecule has 1 amide bonds. The van der Waals surface area contributed by atoms with Crippen LogP contribution in [0.1, 0.15) is 6.92 Å². The van der Waals surface area contributed by atoms with Crippen LogP contribution in [0.3, 0.4) is 0 Å². The summed E-state index contributed by atoms with van der Waals surface area (Å²) in [6.45, 7) is 3.84. The summed E-state index contributed by atoms with van der Waals surface area (Å²) in [6, 6.07) is 17.1. The molecule has 4 heteroatoms. The number of nitrogens with one attached hydrogen (secondary N) is 2. The quantitative estimate of drug-likeness (QED) is 0.890. The number of amides is 1. The molecule has 1 saturated heterocycles. The SMILES string of the molecule is CC(C(=O)Nc1ccc(Oc2ccccc2)cc1)C1CNC1. The molecule has 0 aromatic heterocycles. The van der Waals surface area contributed by atoms with Crippen molar-refractivity contribution in [1.82, 2.24) is 5.32 Å². The van der Waals surface area contributed by atoms with Crippen LogP contribution < -0.4 is 15.4 Å². The molecule has 0 radical (unpaired) electrons. The summed E-state index contributed by atoms with van der Waals surface area (Å²) in [5, 5.41) is 6.15. The molecule has 0 saturated carbocycles. The van der Waals surface area contributed by atoms with Crippen LogP contribution in [0.2, 0.25) is 0 Å². The Bertz CT molecular complexity index is 621. The van der Waals surface area contributed by atoms with E-state index in [1.807, 2.05) is 61.5 Å². The van der Waals surface area contributed by atoms with Crippen molar-refractivity contribution in [3.05, 3.63) is 54.6 Å². The van der Waals surface area contributed by atoms with Gasteiger partial charge in [-0.05, 0) is 55.4 Å². The molecule has 1 aliphatic heterocycles. The van der Waals surface area contributed by atoms with Gasteiger partial charge in [-0.15, -0.1) is 0 Å². The zero-order chi connectivity index (χ0) is 15.4. The standard InChI is InChI=1S/C18H20N2O2/c1-13(14-11-19-12-14)18(21)20-15-7-9-17(10-8-15)22-16-5-3-2-4-6-16/h2-10,13-14,19H,11-12H2,1H3,(H,20,21). The van der Waals surface area contributed by atoms with E-state index in [1.54, 1.807) is 0 Å². The third-order valence-corrected chi connectivity index (χ3v) is 4.03. The van der Waals surface area contributed by atoms with Gasteiger partial charge in [0.1, 0.15) is 11.5 Å². The van der Waals surface area contributed by atoms with Gasteiger partial charge in [0.15, 0.2) is 0 Å². The smallest absolute Gasteiger partial charge is 0.227 e. The molecule has 22 heavy (non-hydrogen) atoms. The third-order valence-electron chi connectivity index (χ3n) is 4.03. The van der Waals surface area contributed by atoms with Gasteiger partial charge in [-0.1, -0.05) is 25.1 Å². The fourth-order valence-corrected chi connectivity index (χ4v) is 2.37. The molecule has 1 heterocycles. The fraction of sp³-hybridized carbons (Fsp3) is 0.278. The first-order chi connectivity index (χ1) is 10.7. The van der Waals surface area contributed by atoms with Crippen LogP contribution in [0, 0.1) is 11.8 Å². The first-order valence-corrected chi connectivity index (χ1v) is 7.57. The highest BCUT2D eigenvalue weighted by Gasteiger charge is 2.28. The van der Waals surface area contributed by atoms with Crippen molar-refractivity contribution in [3.8, 4) is 11.5 Å². The molecule has 0 bridgehead atoms. The number of para-hydroxylation sites is 1. The Kier molecular flexibility index (Phi) is 4.39. The lowest BCUT2D eigenvalue weighted by molar-refractivity contribution is -0.121. The zero-order valence-electron chi connectivity index (χ0n) is 12.6. The van der Waals surface area contributed by atoms with Crippen LogP contribution in [-0.4, -0.2) is 19.0 Å². The zero-order valence-corrected chi connectivity index (χ0v) is 12.6. The van der Waals surface area contributed by atoms with Crippen LogP contribution in [0.4, 0.5) is 5.69 Å². The second-order valence-electron chi connectivity index (χ2n) is 5.64. The van der Waals surface area contributed by atoms with E-state index in [4.69, 9.17) is 4.74 Å². The summed E-state index contributed by atoms with van der Waals surface area (Å²) in [5.41, 5.74) is 0.796. The van der Waals surface area contributed by atoms with Gasteiger partial charge >= 0.3 is 0 Å². The lowest BCUT2D eigenvalue weighted by Crippen LogP contribution is -2.48. The van der Waals surface area contributed by atoms with Gasteiger partial charge in [-0.2, -0.15) is 0 Å². The Morgan fingerprint density at radius 2 is 1.73 bits per heavy atom. The third kappa shape index (κ3) is 3.46. The van der Waals surface area contributed by atoms with Crippen molar-refractivity contribution in [2.75, 3.05) is 18.4 Å². The lowest BCUT2D eigenvalue weighted by Gasteiger charge is -2.31. The van der Waals surface area contributed by atoms with E-state index in [1.165, 1.54) is 0 Å². The Morgan fingerprint density at radius 3 is 2.32 bits per heavy atom. The molecule has 3 rings (SSSR count). The van der Waals surface area contributed by atoms with E-state index >= 15 is 0 Å². The number of hydrogen-bond acceptors (Lipinski definition) is 3. The van der Waals surface area contributed by atoms with Crippen LogP contribution in [0.15, 0.2) is 54.6 Å². The second-order valence-corrected chi connectivity index (χ2v) is 5.64. The highest BCUT2D eigenvalue weighted by Crippen LogP contribution is 2.23. The van der Waals surface area contributed by atoms with Crippen LogP contribution in [0.25, 0.3) is 0 Å². The van der Waals surface area contributed by atoms with Gasteiger partial charge in [-0.25, -0.2) is 0 Å². The molecule has 2 aromatic rings. The van der Waals surface area contributed by atoms with Gasteiger partial charge in [0.05, 0.1) is 0 Å². The van der Waals surface area contributed by atoms with E-state index in [9.17, 15) is 4.79 Å². The molecular formula is C18H20N2O2. The Labute approximate surface area is 130 Å². The first-order valence-electron chi connectivity index (χ1n) is 7.57. The Hall–Kier alpha value is -2.33. The van der Waals surface area contributed by atoms with Crippen molar-refractivity contribution < 1.29 is 9.53 Å². The van der Waals surface area contributed by atoms with E-state index in [-0.39, 0.29) is 11.8 Å². The molecule has 1 atom stereocenters.